The molecule has 220 valence electrons. The SMILES string of the molecule is COC(=NI)Sc1nc(-c2cc3c(OCc4csc(-c5ccc(C(=O)N(C)CCC#N)cc5)n4)cc(OC)cc3o2)c[nH]1. The number of halogens is 1. The van der Waals surface area contributed by atoms with Crippen LogP contribution in [0, 0.1) is 11.3 Å². The Hall–Kier alpha value is -4.07. The van der Waals surface area contributed by atoms with E-state index in [1.54, 1.807) is 50.6 Å². The smallest absolute Gasteiger partial charge is 0.263 e. The Morgan fingerprint density at radius 3 is 2.77 bits per heavy atom. The molecule has 0 aliphatic carbocycles. The highest BCUT2D eigenvalue weighted by molar-refractivity contribution is 14.1. The lowest BCUT2D eigenvalue weighted by atomic mass is 10.1. The zero-order chi connectivity index (χ0) is 30.3. The Balaban J connectivity index is 1.30. The van der Waals surface area contributed by atoms with Crippen LogP contribution in [0.15, 0.2) is 66.8 Å². The second-order valence-corrected chi connectivity index (χ2v) is 11.3. The predicted molar refractivity (Wildman–Crippen MR) is 174 cm³/mol. The molecule has 14 heteroatoms. The number of nitrogens with zero attached hydrogens (tertiary/aromatic N) is 5. The number of furan rings is 1. The highest BCUT2D eigenvalue weighted by Crippen LogP contribution is 2.37. The summed E-state index contributed by atoms with van der Waals surface area (Å²) < 4.78 is 27.0. The molecule has 0 aliphatic rings. The summed E-state index contributed by atoms with van der Waals surface area (Å²) in [4.78, 5) is 26.5. The molecule has 0 saturated heterocycles. The Kier molecular flexibility index (Phi) is 9.85. The van der Waals surface area contributed by atoms with Crippen LogP contribution in [-0.2, 0) is 11.3 Å². The van der Waals surface area contributed by atoms with E-state index in [1.165, 1.54) is 23.1 Å². The van der Waals surface area contributed by atoms with Crippen LogP contribution in [0.25, 0.3) is 33.0 Å². The van der Waals surface area contributed by atoms with Gasteiger partial charge < -0.3 is 28.5 Å². The van der Waals surface area contributed by atoms with Crippen LogP contribution in [0.4, 0.5) is 0 Å². The van der Waals surface area contributed by atoms with Gasteiger partial charge in [-0.3, -0.25) is 4.79 Å². The number of nitrogens with one attached hydrogen (secondary N) is 1. The number of aromatic amines is 1. The van der Waals surface area contributed by atoms with Crippen molar-refractivity contribution in [1.29, 1.82) is 5.26 Å². The summed E-state index contributed by atoms with van der Waals surface area (Å²) in [5.74, 6) is 1.62. The summed E-state index contributed by atoms with van der Waals surface area (Å²) in [5, 5.41) is 13.4. The van der Waals surface area contributed by atoms with E-state index >= 15 is 0 Å². The molecule has 0 saturated carbocycles. The quantitative estimate of drug-likeness (QED) is 0.0700. The molecule has 3 heterocycles. The second kappa shape index (κ2) is 13.9. The third kappa shape index (κ3) is 7.12. The van der Waals surface area contributed by atoms with Crippen molar-refractivity contribution in [2.45, 2.75) is 18.2 Å². The molecule has 0 fully saturated rings. The highest BCUT2D eigenvalue weighted by Gasteiger charge is 2.17. The van der Waals surface area contributed by atoms with Gasteiger partial charge in [-0.05, 0) is 18.2 Å². The summed E-state index contributed by atoms with van der Waals surface area (Å²) >= 11 is 4.63. The van der Waals surface area contributed by atoms with Crippen molar-refractivity contribution in [3.8, 4) is 39.6 Å². The molecule has 0 bridgehead atoms. The van der Waals surface area contributed by atoms with E-state index in [9.17, 15) is 4.79 Å². The van der Waals surface area contributed by atoms with Gasteiger partial charge in [-0.25, -0.2) is 9.97 Å². The van der Waals surface area contributed by atoms with Crippen LogP contribution < -0.4 is 9.47 Å². The monoisotopic (exact) mass is 728 g/mol. The number of H-pyrrole nitrogens is 1. The van der Waals surface area contributed by atoms with Crippen LogP contribution in [0.2, 0.25) is 0 Å². The Labute approximate surface area is 269 Å². The lowest BCUT2D eigenvalue weighted by Gasteiger charge is -2.15. The first-order valence-corrected chi connectivity index (χ1v) is 15.5. The van der Waals surface area contributed by atoms with E-state index in [2.05, 4.69) is 19.2 Å². The van der Waals surface area contributed by atoms with Gasteiger partial charge in [0.15, 0.2) is 10.9 Å². The van der Waals surface area contributed by atoms with Gasteiger partial charge in [0.2, 0.25) is 0 Å². The normalized spacial score (nSPS) is 11.4. The standard InChI is InChI=1S/C29H25IN6O5S2/c1-36(10-4-9-31)27(37)18-7-5-17(6-8-18)26-33-19(16-42-26)15-40-23-11-20(38-2)12-24-21(23)13-25(41-24)22-14-32-28(34-22)43-29(35-30)39-3/h5-8,11-14,16H,4,10,15H2,1-3H3,(H,32,34). The van der Waals surface area contributed by atoms with E-state index in [0.29, 0.717) is 57.5 Å². The largest absolute Gasteiger partial charge is 0.496 e. The van der Waals surface area contributed by atoms with Crippen molar-refractivity contribution < 1.29 is 23.4 Å². The maximum absolute atomic E-state index is 12.6. The van der Waals surface area contributed by atoms with Crippen molar-refractivity contribution in [2.24, 2.45) is 3.21 Å². The number of thioether (sulfide) groups is 1. The third-order valence-electron chi connectivity index (χ3n) is 6.25. The maximum atomic E-state index is 12.6. The Bertz CT molecular complexity index is 1810. The molecule has 0 atom stereocenters. The molecule has 2 aromatic carbocycles. The lowest BCUT2D eigenvalue weighted by molar-refractivity contribution is 0.0798. The van der Waals surface area contributed by atoms with Crippen molar-refractivity contribution in [2.75, 3.05) is 27.8 Å². The van der Waals surface area contributed by atoms with Gasteiger partial charge >= 0.3 is 0 Å². The lowest BCUT2D eigenvalue weighted by Crippen LogP contribution is -2.27. The number of imidazole rings is 1. The first-order chi connectivity index (χ1) is 20.9. The van der Waals surface area contributed by atoms with Gasteiger partial charge in [0.25, 0.3) is 11.1 Å². The second-order valence-electron chi connectivity index (χ2n) is 9.04. The van der Waals surface area contributed by atoms with Crippen molar-refractivity contribution in [1.82, 2.24) is 19.9 Å². The number of hydrogen-bond donors (Lipinski definition) is 1. The third-order valence-corrected chi connectivity index (χ3v) is 8.80. The summed E-state index contributed by atoms with van der Waals surface area (Å²) in [7, 11) is 4.83. The van der Waals surface area contributed by atoms with Crippen LogP contribution in [-0.4, -0.2) is 58.8 Å². The molecular formula is C29H25IN6O5S2. The number of carbonyl (C=O) groups is 1. The summed E-state index contributed by atoms with van der Waals surface area (Å²) in [6, 6.07) is 14.8. The Morgan fingerprint density at radius 1 is 1.23 bits per heavy atom. The molecule has 0 unspecified atom stereocenters. The zero-order valence-corrected chi connectivity index (χ0v) is 27.1. The van der Waals surface area contributed by atoms with Gasteiger partial charge in [0, 0.05) is 60.2 Å². The van der Waals surface area contributed by atoms with E-state index < -0.39 is 0 Å². The average molecular weight is 729 g/mol. The molecule has 3 aromatic heterocycles. The minimum atomic E-state index is -0.125. The average Bonchev–Trinajstić information content (AvgIpc) is 3.81. The number of aromatic nitrogens is 3. The highest BCUT2D eigenvalue weighted by atomic mass is 127. The van der Waals surface area contributed by atoms with Gasteiger partial charge in [0.05, 0.1) is 60.7 Å². The van der Waals surface area contributed by atoms with E-state index in [4.69, 9.17) is 28.9 Å². The van der Waals surface area contributed by atoms with Gasteiger partial charge in [0.1, 0.15) is 34.4 Å². The number of hydrogen-bond acceptors (Lipinski definition) is 11. The molecule has 1 N–H and O–H groups in total. The maximum Gasteiger partial charge on any atom is 0.263 e. The number of rotatable bonds is 10. The molecule has 0 spiro atoms. The number of carbonyl (C=O) groups excluding carboxylic acids is 1. The molecule has 0 aliphatic heterocycles. The zero-order valence-electron chi connectivity index (χ0n) is 23.3. The van der Waals surface area contributed by atoms with Gasteiger partial charge in [-0.2, -0.15) is 8.47 Å². The van der Waals surface area contributed by atoms with E-state index in [0.717, 1.165) is 21.7 Å². The number of benzene rings is 2. The van der Waals surface area contributed by atoms with Crippen LogP contribution >= 0.6 is 46.0 Å². The number of ether oxygens (including phenoxy) is 3. The van der Waals surface area contributed by atoms with Crippen molar-refractivity contribution in [3.05, 3.63) is 65.3 Å². The number of thiazole rings is 1. The minimum absolute atomic E-state index is 0.125. The first kappa shape index (κ1) is 30.4. The van der Waals surface area contributed by atoms with Gasteiger partial charge in [-0.15, -0.1) is 11.3 Å². The molecule has 43 heavy (non-hydrogen) atoms. The fraction of sp³-hybridized carbons (Fsp3) is 0.207. The van der Waals surface area contributed by atoms with E-state index in [-0.39, 0.29) is 12.5 Å². The van der Waals surface area contributed by atoms with Crippen LogP contribution in [0.5, 0.6) is 11.5 Å². The van der Waals surface area contributed by atoms with E-state index in [1.807, 2.05) is 52.5 Å². The van der Waals surface area contributed by atoms with Crippen molar-refractivity contribution >= 4 is 68.1 Å². The summed E-state index contributed by atoms with van der Waals surface area (Å²) in [6.07, 6.45) is 2.05. The molecule has 1 amide bonds. The van der Waals surface area contributed by atoms with Crippen LogP contribution in [0.3, 0.4) is 0 Å². The Morgan fingerprint density at radius 2 is 2.05 bits per heavy atom. The summed E-state index contributed by atoms with van der Waals surface area (Å²) in [5.41, 5.74) is 3.44. The minimum Gasteiger partial charge on any atom is -0.496 e. The van der Waals surface area contributed by atoms with Gasteiger partial charge in [-0.1, -0.05) is 12.1 Å². The molecule has 11 nitrogen and oxygen atoms in total. The number of amides is 1. The topological polar surface area (TPSA) is 139 Å². The fourth-order valence-corrected chi connectivity index (χ4v) is 5.91. The predicted octanol–water partition coefficient (Wildman–Crippen LogP) is 6.96. The summed E-state index contributed by atoms with van der Waals surface area (Å²) in [6.45, 7) is 0.623. The number of fused-ring (bicyclic) bond motifs is 1. The fourth-order valence-electron chi connectivity index (χ4n) is 4.06. The first-order valence-electron chi connectivity index (χ1n) is 12.8. The van der Waals surface area contributed by atoms with Crippen LogP contribution in [0.1, 0.15) is 22.5 Å². The number of nitriles is 1. The number of methoxy groups -OCH3 is 2. The molecule has 0 radical (unpaired) electrons. The molecule has 5 aromatic rings. The molecular weight excluding hydrogens is 703 g/mol. The molecule has 5 rings (SSSR count). The van der Waals surface area contributed by atoms with Crippen molar-refractivity contribution in [3.63, 3.8) is 0 Å².